The summed E-state index contributed by atoms with van der Waals surface area (Å²) < 4.78 is 0. The Labute approximate surface area is 296 Å². The molecule has 238 valence electrons. The second kappa shape index (κ2) is 11.7. The maximum absolute atomic E-state index is 5.02. The molecule has 3 nitrogen and oxygen atoms in total. The average Bonchev–Trinajstić information content (AvgIpc) is 3.53. The van der Waals surface area contributed by atoms with Crippen LogP contribution in [0.25, 0.3) is 66.8 Å². The van der Waals surface area contributed by atoms with Crippen LogP contribution < -0.4 is 0 Å². The lowest BCUT2D eigenvalue weighted by Gasteiger charge is -2.35. The number of benzene rings is 8. The maximum atomic E-state index is 5.02. The van der Waals surface area contributed by atoms with Gasteiger partial charge in [0.25, 0.3) is 0 Å². The molecule has 1 heterocycles. The smallest absolute Gasteiger partial charge is 0.164 e. The number of hydrogen-bond acceptors (Lipinski definition) is 3. The van der Waals surface area contributed by atoms with Crippen LogP contribution in [-0.4, -0.2) is 15.0 Å². The van der Waals surface area contributed by atoms with Gasteiger partial charge in [0.15, 0.2) is 17.5 Å². The van der Waals surface area contributed by atoms with Gasteiger partial charge in [-0.1, -0.05) is 188 Å². The van der Waals surface area contributed by atoms with Crippen molar-refractivity contribution in [1.29, 1.82) is 0 Å². The summed E-state index contributed by atoms with van der Waals surface area (Å²) in [7, 11) is 0. The summed E-state index contributed by atoms with van der Waals surface area (Å²) in [6, 6.07) is 67.1. The molecule has 0 saturated heterocycles. The molecule has 1 aromatic heterocycles. The van der Waals surface area contributed by atoms with E-state index in [1.165, 1.54) is 54.9 Å². The molecule has 1 aliphatic carbocycles. The zero-order chi connectivity index (χ0) is 33.8. The zero-order valence-electron chi connectivity index (χ0n) is 27.7. The molecule has 0 fully saturated rings. The third kappa shape index (κ3) is 4.56. The second-order valence-electron chi connectivity index (χ2n) is 13.1. The van der Waals surface area contributed by atoms with E-state index in [1.54, 1.807) is 0 Å². The Morgan fingerprint density at radius 3 is 1.49 bits per heavy atom. The van der Waals surface area contributed by atoms with Crippen molar-refractivity contribution in [2.45, 2.75) is 5.41 Å². The molecule has 0 saturated carbocycles. The topological polar surface area (TPSA) is 38.7 Å². The van der Waals surface area contributed by atoms with E-state index in [2.05, 4.69) is 127 Å². The molecule has 0 aliphatic heterocycles. The van der Waals surface area contributed by atoms with Gasteiger partial charge in [-0.05, 0) is 54.9 Å². The van der Waals surface area contributed by atoms with Gasteiger partial charge in [-0.15, -0.1) is 0 Å². The van der Waals surface area contributed by atoms with E-state index in [0.29, 0.717) is 17.5 Å². The SMILES string of the molecule is c1ccc(-c2nc(-c3ccccc3)nc(-c3ccc(C4(c5ccccc5)c5ccccc5-c5ccc6c(ccc7ccccc76)c54)cc3)n2)cc1. The van der Waals surface area contributed by atoms with Gasteiger partial charge in [0, 0.05) is 16.7 Å². The highest BCUT2D eigenvalue weighted by Gasteiger charge is 2.47. The van der Waals surface area contributed by atoms with Crippen LogP contribution in [-0.2, 0) is 5.41 Å². The summed E-state index contributed by atoms with van der Waals surface area (Å²) in [6.45, 7) is 0. The quantitative estimate of drug-likeness (QED) is 0.174. The number of nitrogens with zero attached hydrogens (tertiary/aromatic N) is 3. The van der Waals surface area contributed by atoms with Gasteiger partial charge in [0.2, 0.25) is 0 Å². The summed E-state index contributed by atoms with van der Waals surface area (Å²) in [4.78, 5) is 15.0. The molecule has 1 unspecified atom stereocenters. The van der Waals surface area contributed by atoms with Crippen molar-refractivity contribution < 1.29 is 0 Å². The molecular weight excluding hydrogens is 619 g/mol. The first-order chi connectivity index (χ1) is 25.3. The first-order valence-electron chi connectivity index (χ1n) is 17.4. The monoisotopic (exact) mass is 649 g/mol. The highest BCUT2D eigenvalue weighted by molar-refractivity contribution is 6.12. The zero-order valence-corrected chi connectivity index (χ0v) is 27.7. The standard InChI is InChI=1S/C48H31N3/c1-4-15-33(16-5-1)45-49-46(34-17-6-2-7-18-34)51-47(50-45)35-24-27-37(28-25-35)48(36-19-8-3-9-20-36)43-23-13-12-22-40(43)42-31-30-39-38-21-11-10-14-32(38)26-29-41(39)44(42)48/h1-31H. The van der Waals surface area contributed by atoms with Crippen LogP contribution in [0.15, 0.2) is 188 Å². The van der Waals surface area contributed by atoms with Crippen molar-refractivity contribution in [3.63, 3.8) is 0 Å². The van der Waals surface area contributed by atoms with E-state index in [9.17, 15) is 0 Å². The second-order valence-corrected chi connectivity index (χ2v) is 13.1. The molecule has 3 heteroatoms. The van der Waals surface area contributed by atoms with Crippen LogP contribution in [0, 0.1) is 0 Å². The predicted octanol–water partition coefficient (Wildman–Crippen LogP) is 11.5. The van der Waals surface area contributed by atoms with Crippen molar-refractivity contribution in [2.24, 2.45) is 0 Å². The number of hydrogen-bond donors (Lipinski definition) is 0. The Morgan fingerprint density at radius 2 is 0.824 bits per heavy atom. The fraction of sp³-hybridized carbons (Fsp3) is 0.0208. The summed E-state index contributed by atoms with van der Waals surface area (Å²) in [5, 5.41) is 5.05. The van der Waals surface area contributed by atoms with E-state index < -0.39 is 5.41 Å². The molecule has 0 spiro atoms. The van der Waals surface area contributed by atoms with Gasteiger partial charge < -0.3 is 0 Å². The van der Waals surface area contributed by atoms with Crippen molar-refractivity contribution in [3.8, 4) is 45.3 Å². The van der Waals surface area contributed by atoms with E-state index >= 15 is 0 Å². The van der Waals surface area contributed by atoms with Crippen LogP contribution in [0.3, 0.4) is 0 Å². The van der Waals surface area contributed by atoms with E-state index in [1.807, 2.05) is 60.7 Å². The van der Waals surface area contributed by atoms with Gasteiger partial charge in [0.1, 0.15) is 0 Å². The highest BCUT2D eigenvalue weighted by Crippen LogP contribution is 2.58. The Balaban J connectivity index is 1.22. The van der Waals surface area contributed by atoms with E-state index in [0.717, 1.165) is 16.7 Å². The minimum atomic E-state index is -0.544. The lowest BCUT2D eigenvalue weighted by atomic mass is 9.66. The Hall–Kier alpha value is -6.71. The molecule has 0 amide bonds. The number of aromatic nitrogens is 3. The average molecular weight is 650 g/mol. The molecule has 9 aromatic rings. The van der Waals surface area contributed by atoms with Crippen LogP contribution >= 0.6 is 0 Å². The molecule has 8 aromatic carbocycles. The summed E-state index contributed by atoms with van der Waals surface area (Å²) >= 11 is 0. The Morgan fingerprint density at radius 1 is 0.314 bits per heavy atom. The maximum Gasteiger partial charge on any atom is 0.164 e. The number of fused-ring (bicyclic) bond motifs is 7. The van der Waals surface area contributed by atoms with Gasteiger partial charge in [-0.25, -0.2) is 15.0 Å². The summed E-state index contributed by atoms with van der Waals surface area (Å²) in [5.41, 5.74) is 9.90. The summed E-state index contributed by atoms with van der Waals surface area (Å²) in [6.07, 6.45) is 0. The fourth-order valence-corrected chi connectivity index (χ4v) is 8.16. The molecule has 0 radical (unpaired) electrons. The third-order valence-electron chi connectivity index (χ3n) is 10.4. The lowest BCUT2D eigenvalue weighted by molar-refractivity contribution is 0.775. The van der Waals surface area contributed by atoms with Crippen LogP contribution in [0.1, 0.15) is 22.3 Å². The largest absolute Gasteiger partial charge is 0.208 e. The molecule has 10 rings (SSSR count). The minimum absolute atomic E-state index is 0.544. The highest BCUT2D eigenvalue weighted by atomic mass is 15.0. The van der Waals surface area contributed by atoms with Crippen molar-refractivity contribution in [2.75, 3.05) is 0 Å². The van der Waals surface area contributed by atoms with E-state index in [-0.39, 0.29) is 0 Å². The van der Waals surface area contributed by atoms with Gasteiger partial charge in [-0.2, -0.15) is 0 Å². The lowest BCUT2D eigenvalue weighted by Crippen LogP contribution is -2.28. The first kappa shape index (κ1) is 29.2. The molecular formula is C48H31N3. The minimum Gasteiger partial charge on any atom is -0.208 e. The predicted molar refractivity (Wildman–Crippen MR) is 208 cm³/mol. The van der Waals surface area contributed by atoms with Gasteiger partial charge >= 0.3 is 0 Å². The van der Waals surface area contributed by atoms with Crippen LogP contribution in [0.2, 0.25) is 0 Å². The molecule has 0 bridgehead atoms. The van der Waals surface area contributed by atoms with Crippen LogP contribution in [0.5, 0.6) is 0 Å². The molecule has 0 N–H and O–H groups in total. The fourth-order valence-electron chi connectivity index (χ4n) is 8.16. The number of rotatable bonds is 5. The van der Waals surface area contributed by atoms with Gasteiger partial charge in [0.05, 0.1) is 5.41 Å². The normalized spacial score (nSPS) is 14.7. The van der Waals surface area contributed by atoms with Crippen molar-refractivity contribution in [1.82, 2.24) is 15.0 Å². The molecule has 1 atom stereocenters. The van der Waals surface area contributed by atoms with Crippen molar-refractivity contribution >= 4 is 21.5 Å². The van der Waals surface area contributed by atoms with Gasteiger partial charge in [-0.3, -0.25) is 0 Å². The Bertz CT molecular complexity index is 2670. The van der Waals surface area contributed by atoms with Crippen LogP contribution in [0.4, 0.5) is 0 Å². The third-order valence-corrected chi connectivity index (χ3v) is 10.4. The Kier molecular flexibility index (Phi) is 6.71. The molecule has 1 aliphatic rings. The van der Waals surface area contributed by atoms with E-state index in [4.69, 9.17) is 15.0 Å². The summed E-state index contributed by atoms with van der Waals surface area (Å²) in [5.74, 6) is 1.95. The molecule has 51 heavy (non-hydrogen) atoms. The van der Waals surface area contributed by atoms with Crippen molar-refractivity contribution in [3.05, 3.63) is 210 Å². The first-order valence-corrected chi connectivity index (χ1v) is 17.4.